The van der Waals surface area contributed by atoms with E-state index in [1.165, 1.54) is 38.5 Å². The van der Waals surface area contributed by atoms with Crippen molar-refractivity contribution in [2.45, 2.75) is 77.9 Å². The number of carbonyl (C=O) groups excluding carboxylic acids is 1. The fourth-order valence-corrected chi connectivity index (χ4v) is 3.63. The molecule has 1 amide bonds. The highest BCUT2D eigenvalue weighted by atomic mass is 16.2. The van der Waals surface area contributed by atoms with Gasteiger partial charge in [0.15, 0.2) is 0 Å². The van der Waals surface area contributed by atoms with Gasteiger partial charge in [-0.05, 0) is 31.1 Å². The Kier molecular flexibility index (Phi) is 5.26. The van der Waals surface area contributed by atoms with E-state index in [0.717, 1.165) is 18.9 Å². The first-order valence-electron chi connectivity index (χ1n) is 8.20. The van der Waals surface area contributed by atoms with E-state index in [1.54, 1.807) is 0 Å². The zero-order valence-corrected chi connectivity index (χ0v) is 12.8. The van der Waals surface area contributed by atoms with Gasteiger partial charge in [-0.15, -0.1) is 0 Å². The van der Waals surface area contributed by atoms with Crippen molar-refractivity contribution in [2.24, 2.45) is 11.8 Å². The Labute approximate surface area is 118 Å². The van der Waals surface area contributed by atoms with Crippen LogP contribution in [0.1, 0.15) is 65.7 Å². The van der Waals surface area contributed by atoms with Crippen molar-refractivity contribution in [3.05, 3.63) is 0 Å². The summed E-state index contributed by atoms with van der Waals surface area (Å²) in [4.78, 5) is 14.5. The van der Waals surface area contributed by atoms with Crippen LogP contribution in [0.3, 0.4) is 0 Å². The standard InChI is InChI=1S/C16H30N2O/c1-4-14-17-15(12(2)3)16(19)18(14)11-7-10-13-8-5-6-9-13/h12-15,17H,4-11H2,1-3H3. The number of nitrogens with zero attached hydrogens (tertiary/aromatic N) is 1. The molecule has 2 fully saturated rings. The van der Waals surface area contributed by atoms with Gasteiger partial charge >= 0.3 is 0 Å². The monoisotopic (exact) mass is 266 g/mol. The summed E-state index contributed by atoms with van der Waals surface area (Å²) in [5, 5.41) is 3.49. The van der Waals surface area contributed by atoms with Crippen molar-refractivity contribution >= 4 is 5.91 Å². The summed E-state index contributed by atoms with van der Waals surface area (Å²) < 4.78 is 0. The lowest BCUT2D eigenvalue weighted by Crippen LogP contribution is -2.37. The smallest absolute Gasteiger partial charge is 0.241 e. The predicted molar refractivity (Wildman–Crippen MR) is 78.7 cm³/mol. The highest BCUT2D eigenvalue weighted by Crippen LogP contribution is 2.29. The van der Waals surface area contributed by atoms with Crippen LogP contribution in [0.2, 0.25) is 0 Å². The Morgan fingerprint density at radius 1 is 1.32 bits per heavy atom. The Morgan fingerprint density at radius 2 is 2.00 bits per heavy atom. The molecule has 0 bridgehead atoms. The number of hydrogen-bond acceptors (Lipinski definition) is 2. The van der Waals surface area contributed by atoms with Gasteiger partial charge in [-0.1, -0.05) is 46.5 Å². The second-order valence-electron chi connectivity index (χ2n) is 6.64. The molecule has 1 aliphatic heterocycles. The van der Waals surface area contributed by atoms with Crippen molar-refractivity contribution in [3.8, 4) is 0 Å². The molecule has 19 heavy (non-hydrogen) atoms. The van der Waals surface area contributed by atoms with Crippen LogP contribution in [-0.4, -0.2) is 29.6 Å². The van der Waals surface area contributed by atoms with Gasteiger partial charge in [0.2, 0.25) is 5.91 Å². The van der Waals surface area contributed by atoms with E-state index >= 15 is 0 Å². The fraction of sp³-hybridized carbons (Fsp3) is 0.938. The highest BCUT2D eigenvalue weighted by molar-refractivity contribution is 5.84. The Hall–Kier alpha value is -0.570. The summed E-state index contributed by atoms with van der Waals surface area (Å²) in [6.07, 6.45) is 9.44. The molecular formula is C16H30N2O. The SMILES string of the molecule is CCC1NC(C(C)C)C(=O)N1CCCC1CCCC1. The van der Waals surface area contributed by atoms with Gasteiger partial charge in [-0.2, -0.15) is 0 Å². The average molecular weight is 266 g/mol. The molecular weight excluding hydrogens is 236 g/mol. The molecule has 0 aromatic carbocycles. The molecule has 1 N–H and O–H groups in total. The maximum absolute atomic E-state index is 12.4. The maximum Gasteiger partial charge on any atom is 0.241 e. The third-order valence-corrected chi connectivity index (χ3v) is 4.84. The summed E-state index contributed by atoms with van der Waals surface area (Å²) in [5.74, 6) is 1.65. The maximum atomic E-state index is 12.4. The second-order valence-corrected chi connectivity index (χ2v) is 6.64. The third-order valence-electron chi connectivity index (χ3n) is 4.84. The molecule has 3 heteroatoms. The van der Waals surface area contributed by atoms with Gasteiger partial charge in [0.1, 0.15) is 0 Å². The van der Waals surface area contributed by atoms with E-state index in [1.807, 2.05) is 0 Å². The lowest BCUT2D eigenvalue weighted by atomic mass is 10.0. The predicted octanol–water partition coefficient (Wildman–Crippen LogP) is 3.15. The molecule has 0 aromatic heterocycles. The Bertz CT molecular complexity index is 297. The number of rotatable bonds is 6. The molecule has 2 atom stereocenters. The van der Waals surface area contributed by atoms with E-state index in [-0.39, 0.29) is 12.2 Å². The summed E-state index contributed by atoms with van der Waals surface area (Å²) in [6.45, 7) is 7.37. The van der Waals surface area contributed by atoms with Gasteiger partial charge < -0.3 is 4.90 Å². The fourth-order valence-electron chi connectivity index (χ4n) is 3.63. The van der Waals surface area contributed by atoms with E-state index in [4.69, 9.17) is 0 Å². The minimum atomic E-state index is 0.0384. The zero-order valence-electron chi connectivity index (χ0n) is 12.8. The van der Waals surface area contributed by atoms with Gasteiger partial charge in [-0.25, -0.2) is 0 Å². The zero-order chi connectivity index (χ0) is 13.8. The van der Waals surface area contributed by atoms with E-state index in [9.17, 15) is 4.79 Å². The lowest BCUT2D eigenvalue weighted by Gasteiger charge is -2.23. The van der Waals surface area contributed by atoms with Crippen molar-refractivity contribution < 1.29 is 4.79 Å². The molecule has 1 heterocycles. The molecule has 1 aliphatic carbocycles. The number of amides is 1. The van der Waals surface area contributed by atoms with Crippen LogP contribution in [0.4, 0.5) is 0 Å². The molecule has 0 aromatic rings. The van der Waals surface area contributed by atoms with Crippen LogP contribution >= 0.6 is 0 Å². The molecule has 3 nitrogen and oxygen atoms in total. The van der Waals surface area contributed by atoms with Crippen LogP contribution in [0, 0.1) is 11.8 Å². The largest absolute Gasteiger partial charge is 0.326 e. The normalized spacial score (nSPS) is 28.8. The minimum Gasteiger partial charge on any atom is -0.326 e. The minimum absolute atomic E-state index is 0.0384. The van der Waals surface area contributed by atoms with Gasteiger partial charge in [0, 0.05) is 6.54 Å². The van der Waals surface area contributed by atoms with Gasteiger partial charge in [-0.3, -0.25) is 10.1 Å². The quantitative estimate of drug-likeness (QED) is 0.801. The molecule has 2 rings (SSSR count). The molecule has 0 radical (unpaired) electrons. The van der Waals surface area contributed by atoms with E-state index in [0.29, 0.717) is 11.8 Å². The number of carbonyl (C=O) groups is 1. The topological polar surface area (TPSA) is 32.3 Å². The van der Waals surface area contributed by atoms with E-state index < -0.39 is 0 Å². The Balaban J connectivity index is 1.81. The number of hydrogen-bond donors (Lipinski definition) is 1. The third kappa shape index (κ3) is 3.50. The van der Waals surface area contributed by atoms with Crippen LogP contribution in [0.25, 0.3) is 0 Å². The van der Waals surface area contributed by atoms with Crippen molar-refractivity contribution in [3.63, 3.8) is 0 Å². The molecule has 2 aliphatic rings. The first kappa shape index (κ1) is 14.8. The second kappa shape index (κ2) is 6.74. The summed E-state index contributed by atoms with van der Waals surface area (Å²) in [7, 11) is 0. The molecule has 2 unspecified atom stereocenters. The van der Waals surface area contributed by atoms with Crippen molar-refractivity contribution in [2.75, 3.05) is 6.54 Å². The van der Waals surface area contributed by atoms with Gasteiger partial charge in [0.05, 0.1) is 12.2 Å². The van der Waals surface area contributed by atoms with Crippen LogP contribution in [0.5, 0.6) is 0 Å². The van der Waals surface area contributed by atoms with Crippen LogP contribution in [-0.2, 0) is 4.79 Å². The number of nitrogens with one attached hydrogen (secondary N) is 1. The van der Waals surface area contributed by atoms with Crippen molar-refractivity contribution in [1.82, 2.24) is 10.2 Å². The molecule has 1 saturated carbocycles. The summed E-state index contributed by atoms with van der Waals surface area (Å²) in [6, 6.07) is 0.0384. The van der Waals surface area contributed by atoms with Crippen LogP contribution in [0.15, 0.2) is 0 Å². The lowest BCUT2D eigenvalue weighted by molar-refractivity contribution is -0.130. The highest BCUT2D eigenvalue weighted by Gasteiger charge is 2.38. The molecule has 0 spiro atoms. The van der Waals surface area contributed by atoms with Gasteiger partial charge in [0.25, 0.3) is 0 Å². The summed E-state index contributed by atoms with van der Waals surface area (Å²) >= 11 is 0. The summed E-state index contributed by atoms with van der Waals surface area (Å²) in [5.41, 5.74) is 0. The molecule has 110 valence electrons. The first-order chi connectivity index (χ1) is 9.13. The molecule has 1 saturated heterocycles. The first-order valence-corrected chi connectivity index (χ1v) is 8.20. The Morgan fingerprint density at radius 3 is 2.58 bits per heavy atom. The van der Waals surface area contributed by atoms with Crippen molar-refractivity contribution in [1.29, 1.82) is 0 Å². The van der Waals surface area contributed by atoms with Crippen LogP contribution < -0.4 is 5.32 Å². The van der Waals surface area contributed by atoms with E-state index in [2.05, 4.69) is 31.0 Å². The average Bonchev–Trinajstić information content (AvgIpc) is 2.98.